The standard InChI is InChI=1S/C20H19F3N4/c1-12-10-11-24-17(12)26-19-14-7-3-5-9-16(14)25-18(27-19)13-6-2-4-8-15(13)20(21,22)23/h2,4,6,8,11H,3,5,7,9-10H2,1H3,(H,25,26,27). The van der Waals surface area contributed by atoms with Crippen molar-refractivity contribution in [3.8, 4) is 11.4 Å². The number of hydrogen-bond acceptors (Lipinski definition) is 4. The van der Waals surface area contributed by atoms with Crippen LogP contribution in [0.1, 0.15) is 43.0 Å². The van der Waals surface area contributed by atoms with Gasteiger partial charge in [-0.2, -0.15) is 13.2 Å². The Balaban J connectivity index is 1.85. The number of aliphatic imine (C=N–C) groups is 1. The second kappa shape index (κ2) is 6.79. The number of aryl methyl sites for hydroxylation is 1. The smallest absolute Gasteiger partial charge is 0.325 e. The highest BCUT2D eigenvalue weighted by atomic mass is 19.4. The second-order valence-corrected chi connectivity index (χ2v) is 6.84. The van der Waals surface area contributed by atoms with E-state index in [2.05, 4.69) is 20.3 Å². The topological polar surface area (TPSA) is 50.2 Å². The zero-order valence-corrected chi connectivity index (χ0v) is 14.9. The Kier molecular flexibility index (Phi) is 4.45. The summed E-state index contributed by atoms with van der Waals surface area (Å²) in [5.74, 6) is 1.39. The van der Waals surface area contributed by atoms with Crippen molar-refractivity contribution >= 4 is 12.0 Å². The quantitative estimate of drug-likeness (QED) is 0.810. The van der Waals surface area contributed by atoms with Crippen molar-refractivity contribution in [2.75, 3.05) is 5.32 Å². The van der Waals surface area contributed by atoms with Gasteiger partial charge in [-0.1, -0.05) is 18.2 Å². The number of anilines is 1. The zero-order valence-electron chi connectivity index (χ0n) is 14.9. The first-order valence-electron chi connectivity index (χ1n) is 8.99. The predicted octanol–water partition coefficient (Wildman–Crippen LogP) is 5.16. The zero-order chi connectivity index (χ0) is 19.0. The molecule has 1 aromatic heterocycles. The second-order valence-electron chi connectivity index (χ2n) is 6.84. The minimum Gasteiger partial charge on any atom is -0.325 e. The molecule has 2 aliphatic rings. The van der Waals surface area contributed by atoms with Gasteiger partial charge in [-0.25, -0.2) is 15.0 Å². The summed E-state index contributed by atoms with van der Waals surface area (Å²) < 4.78 is 40.4. The Morgan fingerprint density at radius 1 is 1.04 bits per heavy atom. The third-order valence-electron chi connectivity index (χ3n) is 4.92. The average Bonchev–Trinajstić information content (AvgIpc) is 3.05. The number of benzene rings is 1. The number of nitrogens with zero attached hydrogens (tertiary/aromatic N) is 3. The SMILES string of the molecule is CC1=C(Nc2nc(-c3ccccc3C(F)(F)F)nc3c2CCCC3)N=CC1. The molecule has 0 fully saturated rings. The maximum atomic E-state index is 13.5. The van der Waals surface area contributed by atoms with Crippen LogP contribution >= 0.6 is 0 Å². The normalized spacial score (nSPS) is 16.6. The van der Waals surface area contributed by atoms with E-state index in [1.54, 1.807) is 6.07 Å². The molecule has 0 radical (unpaired) electrons. The summed E-state index contributed by atoms with van der Waals surface area (Å²) in [5.41, 5.74) is 2.17. The van der Waals surface area contributed by atoms with Gasteiger partial charge in [0.25, 0.3) is 0 Å². The molecule has 1 N–H and O–H groups in total. The van der Waals surface area contributed by atoms with Crippen molar-refractivity contribution in [1.82, 2.24) is 9.97 Å². The minimum absolute atomic E-state index is 0.00190. The number of hydrogen-bond donors (Lipinski definition) is 1. The van der Waals surface area contributed by atoms with E-state index in [1.165, 1.54) is 12.1 Å². The molecule has 140 valence electrons. The molecular weight excluding hydrogens is 353 g/mol. The number of nitrogens with one attached hydrogen (secondary N) is 1. The van der Waals surface area contributed by atoms with Crippen LogP contribution in [0.5, 0.6) is 0 Å². The first-order valence-corrected chi connectivity index (χ1v) is 8.99. The third kappa shape index (κ3) is 3.46. The lowest BCUT2D eigenvalue weighted by molar-refractivity contribution is -0.137. The number of rotatable bonds is 3. The van der Waals surface area contributed by atoms with E-state index in [0.29, 0.717) is 5.82 Å². The average molecular weight is 372 g/mol. The first-order chi connectivity index (χ1) is 12.9. The van der Waals surface area contributed by atoms with Crippen LogP contribution < -0.4 is 5.32 Å². The van der Waals surface area contributed by atoms with E-state index in [-0.39, 0.29) is 11.4 Å². The number of alkyl halides is 3. The van der Waals surface area contributed by atoms with Gasteiger partial charge in [0.15, 0.2) is 5.82 Å². The Morgan fingerprint density at radius 2 is 1.81 bits per heavy atom. The Labute approximate surface area is 155 Å². The highest BCUT2D eigenvalue weighted by Crippen LogP contribution is 2.37. The van der Waals surface area contributed by atoms with Crippen LogP contribution in [0.3, 0.4) is 0 Å². The van der Waals surface area contributed by atoms with E-state index in [4.69, 9.17) is 0 Å². The van der Waals surface area contributed by atoms with Crippen molar-refractivity contribution < 1.29 is 13.2 Å². The maximum absolute atomic E-state index is 13.5. The number of allylic oxidation sites excluding steroid dienone is 1. The Bertz CT molecular complexity index is 945. The van der Waals surface area contributed by atoms with Crippen molar-refractivity contribution in [2.24, 2.45) is 4.99 Å². The van der Waals surface area contributed by atoms with Gasteiger partial charge in [0.05, 0.1) is 5.56 Å². The predicted molar refractivity (Wildman–Crippen MR) is 98.5 cm³/mol. The van der Waals surface area contributed by atoms with Crippen molar-refractivity contribution in [3.63, 3.8) is 0 Å². The Hall–Kier alpha value is -2.70. The highest BCUT2D eigenvalue weighted by molar-refractivity contribution is 5.70. The van der Waals surface area contributed by atoms with Gasteiger partial charge in [0.1, 0.15) is 11.6 Å². The fourth-order valence-corrected chi connectivity index (χ4v) is 3.48. The summed E-state index contributed by atoms with van der Waals surface area (Å²) in [6.07, 6.45) is 1.67. The number of fused-ring (bicyclic) bond motifs is 1. The monoisotopic (exact) mass is 372 g/mol. The molecular formula is C20H19F3N4. The van der Waals surface area contributed by atoms with Crippen LogP contribution in [0.15, 0.2) is 40.7 Å². The molecule has 1 aliphatic heterocycles. The molecule has 1 aliphatic carbocycles. The molecule has 4 nitrogen and oxygen atoms in total. The molecule has 2 heterocycles. The minimum atomic E-state index is -4.46. The summed E-state index contributed by atoms with van der Waals surface area (Å²) in [6, 6.07) is 5.45. The van der Waals surface area contributed by atoms with Gasteiger partial charge in [0.2, 0.25) is 0 Å². The summed E-state index contributed by atoms with van der Waals surface area (Å²) in [7, 11) is 0. The molecule has 0 bridgehead atoms. The lowest BCUT2D eigenvalue weighted by Crippen LogP contribution is -2.15. The molecule has 27 heavy (non-hydrogen) atoms. The van der Waals surface area contributed by atoms with Crippen LogP contribution in [-0.4, -0.2) is 16.2 Å². The molecule has 1 aromatic carbocycles. The molecule has 7 heteroatoms. The summed E-state index contributed by atoms with van der Waals surface area (Å²) >= 11 is 0. The largest absolute Gasteiger partial charge is 0.417 e. The van der Waals surface area contributed by atoms with Crippen LogP contribution in [0.2, 0.25) is 0 Å². The molecule has 0 saturated heterocycles. The molecule has 0 amide bonds. The van der Waals surface area contributed by atoms with Gasteiger partial charge in [-0.15, -0.1) is 0 Å². The van der Waals surface area contributed by atoms with Gasteiger partial charge < -0.3 is 5.32 Å². The van der Waals surface area contributed by atoms with Crippen LogP contribution in [-0.2, 0) is 19.0 Å². The van der Waals surface area contributed by atoms with Crippen LogP contribution in [0, 0.1) is 0 Å². The molecule has 4 rings (SSSR count). The molecule has 0 saturated carbocycles. The molecule has 2 aromatic rings. The van der Waals surface area contributed by atoms with Gasteiger partial charge >= 0.3 is 6.18 Å². The fraction of sp³-hybridized carbons (Fsp3) is 0.350. The van der Waals surface area contributed by atoms with E-state index in [0.717, 1.165) is 60.8 Å². The maximum Gasteiger partial charge on any atom is 0.417 e. The number of halogens is 3. The van der Waals surface area contributed by atoms with E-state index in [1.807, 2.05) is 13.1 Å². The van der Waals surface area contributed by atoms with E-state index in [9.17, 15) is 13.2 Å². The molecule has 0 atom stereocenters. The lowest BCUT2D eigenvalue weighted by atomic mass is 9.95. The van der Waals surface area contributed by atoms with E-state index < -0.39 is 11.7 Å². The fourth-order valence-electron chi connectivity index (χ4n) is 3.48. The Morgan fingerprint density at radius 3 is 2.56 bits per heavy atom. The van der Waals surface area contributed by atoms with Crippen molar-refractivity contribution in [1.29, 1.82) is 0 Å². The highest BCUT2D eigenvalue weighted by Gasteiger charge is 2.34. The van der Waals surface area contributed by atoms with Gasteiger partial charge in [-0.05, 0) is 44.2 Å². The van der Waals surface area contributed by atoms with Crippen molar-refractivity contribution in [3.05, 3.63) is 52.5 Å². The summed E-state index contributed by atoms with van der Waals surface area (Å²) in [6.45, 7) is 1.98. The van der Waals surface area contributed by atoms with Gasteiger partial charge in [-0.3, -0.25) is 0 Å². The third-order valence-corrected chi connectivity index (χ3v) is 4.92. The van der Waals surface area contributed by atoms with Crippen LogP contribution in [0.4, 0.5) is 19.0 Å². The molecule has 0 spiro atoms. The molecule has 0 unspecified atom stereocenters. The summed E-state index contributed by atoms with van der Waals surface area (Å²) in [4.78, 5) is 13.3. The lowest BCUT2D eigenvalue weighted by Gasteiger charge is -2.21. The van der Waals surface area contributed by atoms with E-state index >= 15 is 0 Å². The first kappa shape index (κ1) is 17.7. The van der Waals surface area contributed by atoms with Crippen molar-refractivity contribution in [2.45, 2.75) is 45.2 Å². The van der Waals surface area contributed by atoms with Gasteiger partial charge in [0, 0.05) is 29.5 Å². The number of aromatic nitrogens is 2. The summed E-state index contributed by atoms with van der Waals surface area (Å²) in [5, 5.41) is 3.24. The van der Waals surface area contributed by atoms with Crippen LogP contribution in [0.25, 0.3) is 11.4 Å².